The lowest BCUT2D eigenvalue weighted by Crippen LogP contribution is -2.41. The first-order valence-corrected chi connectivity index (χ1v) is 8.32. The van der Waals surface area contributed by atoms with E-state index in [9.17, 15) is 9.32 Å². The Bertz CT molecular complexity index is 526. The fourth-order valence-corrected chi connectivity index (χ4v) is 2.77. The Morgan fingerprint density at radius 2 is 1.70 bits per heavy atom. The molecule has 1 aromatic rings. The molecule has 0 saturated carbocycles. The van der Waals surface area contributed by atoms with Crippen LogP contribution < -0.4 is 5.46 Å². The predicted molar refractivity (Wildman–Crippen MR) is 81.6 cm³/mol. The van der Waals surface area contributed by atoms with Gasteiger partial charge in [0.2, 0.25) is 0 Å². The largest absolute Gasteiger partial charge is 0.508 e. The van der Waals surface area contributed by atoms with Gasteiger partial charge in [-0.15, -0.1) is 0 Å². The van der Waals surface area contributed by atoms with Gasteiger partial charge in [0.15, 0.2) is 0 Å². The lowest BCUT2D eigenvalue weighted by molar-refractivity contribution is 0.00578. The summed E-state index contributed by atoms with van der Waals surface area (Å²) in [7, 11) is -1.48. The molecule has 0 aromatic heterocycles. The molecule has 2 rings (SSSR count). The van der Waals surface area contributed by atoms with Crippen molar-refractivity contribution in [1.82, 2.24) is 0 Å². The summed E-state index contributed by atoms with van der Waals surface area (Å²) >= 11 is 0. The Kier molecular flexibility index (Phi) is 4.02. The normalized spacial score (nSPS) is 21.9. The molecule has 1 N–H and O–H groups in total. The van der Waals surface area contributed by atoms with Crippen LogP contribution in [0.1, 0.15) is 33.3 Å². The van der Waals surface area contributed by atoms with Gasteiger partial charge in [-0.25, -0.2) is 0 Å². The fourth-order valence-electron chi connectivity index (χ4n) is 2.13. The zero-order valence-electron chi connectivity index (χ0n) is 12.6. The zero-order valence-corrected chi connectivity index (χ0v) is 13.4. The van der Waals surface area contributed by atoms with Crippen LogP contribution in [-0.4, -0.2) is 33.9 Å². The number of phenolic OH excluding ortho intramolecular Hbond substituents is 1. The Morgan fingerprint density at radius 3 is 2.20 bits per heavy atom. The molecular formula is C14H21BO4S. The van der Waals surface area contributed by atoms with Crippen LogP contribution in [0.2, 0.25) is 0 Å². The van der Waals surface area contributed by atoms with Gasteiger partial charge in [-0.2, -0.15) is 0 Å². The molecule has 1 aliphatic rings. The van der Waals surface area contributed by atoms with E-state index in [4.69, 9.17) is 9.31 Å². The van der Waals surface area contributed by atoms with Gasteiger partial charge in [-0.1, -0.05) is 6.07 Å². The van der Waals surface area contributed by atoms with Crippen molar-refractivity contribution >= 4 is 23.4 Å². The van der Waals surface area contributed by atoms with Crippen LogP contribution in [0.25, 0.3) is 0 Å². The molecule has 20 heavy (non-hydrogen) atoms. The number of benzene rings is 1. The average Bonchev–Trinajstić information content (AvgIpc) is 2.46. The quantitative estimate of drug-likeness (QED) is 0.860. The van der Waals surface area contributed by atoms with E-state index >= 15 is 0 Å². The Hall–Kier alpha value is -0.845. The van der Waals surface area contributed by atoms with Gasteiger partial charge in [-0.3, -0.25) is 4.21 Å². The van der Waals surface area contributed by atoms with Crippen LogP contribution in [0.15, 0.2) is 18.2 Å². The Balaban J connectivity index is 2.30. The van der Waals surface area contributed by atoms with E-state index in [1.165, 1.54) is 0 Å². The molecule has 0 bridgehead atoms. The third-order valence-electron chi connectivity index (χ3n) is 3.90. The number of hydrogen-bond donors (Lipinski definition) is 1. The maximum atomic E-state index is 11.3. The Labute approximate surface area is 123 Å². The van der Waals surface area contributed by atoms with Gasteiger partial charge >= 0.3 is 7.12 Å². The predicted octanol–water partition coefficient (Wildman–Crippen LogP) is 1.57. The highest BCUT2D eigenvalue weighted by Crippen LogP contribution is 2.36. The number of aromatic hydroxyl groups is 1. The standard InChI is InChI=1S/C14H21BO4S/c1-13(2)14(3,4)19-15(18-13)11-6-10(9-20(5)17)7-12(16)8-11/h6-8,16H,9H2,1-5H3. The molecule has 0 amide bonds. The van der Waals surface area contributed by atoms with Gasteiger partial charge in [0, 0.05) is 22.8 Å². The van der Waals surface area contributed by atoms with E-state index < -0.39 is 29.1 Å². The highest BCUT2D eigenvalue weighted by atomic mass is 32.2. The van der Waals surface area contributed by atoms with Gasteiger partial charge in [0.25, 0.3) is 0 Å². The highest BCUT2D eigenvalue weighted by molar-refractivity contribution is 7.83. The first-order valence-electron chi connectivity index (χ1n) is 6.59. The summed E-state index contributed by atoms with van der Waals surface area (Å²) in [4.78, 5) is 0. The van der Waals surface area contributed by atoms with Crippen molar-refractivity contribution in [2.75, 3.05) is 6.26 Å². The maximum Gasteiger partial charge on any atom is 0.494 e. The molecule has 1 atom stereocenters. The molecule has 1 aromatic carbocycles. The summed E-state index contributed by atoms with van der Waals surface area (Å²) in [6, 6.07) is 5.13. The molecule has 1 fully saturated rings. The third-order valence-corrected chi connectivity index (χ3v) is 4.64. The van der Waals surface area contributed by atoms with Gasteiger partial charge in [0.05, 0.1) is 11.2 Å². The zero-order chi connectivity index (χ0) is 15.1. The van der Waals surface area contributed by atoms with Crippen molar-refractivity contribution in [1.29, 1.82) is 0 Å². The van der Waals surface area contributed by atoms with Gasteiger partial charge in [-0.05, 0) is 50.9 Å². The summed E-state index contributed by atoms with van der Waals surface area (Å²) in [5.41, 5.74) is 0.730. The molecule has 110 valence electrons. The average molecular weight is 296 g/mol. The van der Waals surface area contributed by atoms with Crippen molar-refractivity contribution in [2.45, 2.75) is 44.6 Å². The SMILES string of the molecule is CS(=O)Cc1cc(O)cc(B2OC(C)(C)C(C)(C)O2)c1. The smallest absolute Gasteiger partial charge is 0.494 e. The summed E-state index contributed by atoms with van der Waals surface area (Å²) in [5.74, 6) is 0.540. The van der Waals surface area contributed by atoms with Gasteiger partial charge in [0.1, 0.15) is 5.75 Å². The van der Waals surface area contributed by atoms with Crippen LogP contribution in [0, 0.1) is 0 Å². The second-order valence-corrected chi connectivity index (χ2v) is 7.67. The van der Waals surface area contributed by atoms with Crippen LogP contribution in [-0.2, 0) is 25.9 Å². The van der Waals surface area contributed by atoms with E-state index in [0.717, 1.165) is 11.0 Å². The molecule has 6 heteroatoms. The van der Waals surface area contributed by atoms with Gasteiger partial charge < -0.3 is 14.4 Å². The highest BCUT2D eigenvalue weighted by Gasteiger charge is 2.51. The van der Waals surface area contributed by atoms with Crippen molar-refractivity contribution in [3.05, 3.63) is 23.8 Å². The number of rotatable bonds is 3. The maximum absolute atomic E-state index is 11.3. The lowest BCUT2D eigenvalue weighted by Gasteiger charge is -2.32. The number of hydrogen-bond acceptors (Lipinski definition) is 4. The minimum Gasteiger partial charge on any atom is -0.508 e. The third kappa shape index (κ3) is 3.08. The topological polar surface area (TPSA) is 55.8 Å². The van der Waals surface area contributed by atoms with Crippen LogP contribution in [0.5, 0.6) is 5.75 Å². The second-order valence-electron chi connectivity index (χ2n) is 6.24. The number of phenols is 1. The minimum absolute atomic E-state index is 0.137. The molecule has 0 aliphatic carbocycles. The van der Waals surface area contributed by atoms with E-state index in [2.05, 4.69) is 0 Å². The van der Waals surface area contributed by atoms with Crippen LogP contribution in [0.4, 0.5) is 0 Å². The van der Waals surface area contributed by atoms with Crippen molar-refractivity contribution in [2.24, 2.45) is 0 Å². The molecule has 1 unspecified atom stereocenters. The van der Waals surface area contributed by atoms with Crippen molar-refractivity contribution < 1.29 is 18.6 Å². The van der Waals surface area contributed by atoms with E-state index in [0.29, 0.717) is 5.75 Å². The second kappa shape index (κ2) is 5.17. The molecule has 1 heterocycles. The molecular weight excluding hydrogens is 275 g/mol. The molecule has 1 saturated heterocycles. The Morgan fingerprint density at radius 1 is 1.15 bits per heavy atom. The first kappa shape index (κ1) is 15.5. The van der Waals surface area contributed by atoms with Crippen molar-refractivity contribution in [3.8, 4) is 5.75 Å². The van der Waals surface area contributed by atoms with E-state index in [1.807, 2.05) is 33.8 Å². The fraction of sp³-hybridized carbons (Fsp3) is 0.571. The van der Waals surface area contributed by atoms with Crippen LogP contribution in [0.3, 0.4) is 0 Å². The molecule has 1 aliphatic heterocycles. The molecule has 4 nitrogen and oxygen atoms in total. The molecule has 0 radical (unpaired) electrons. The molecule has 0 spiro atoms. The van der Waals surface area contributed by atoms with Crippen LogP contribution >= 0.6 is 0 Å². The minimum atomic E-state index is -0.958. The summed E-state index contributed by atoms with van der Waals surface area (Å²) in [6.45, 7) is 7.94. The first-order chi connectivity index (χ1) is 9.10. The summed E-state index contributed by atoms with van der Waals surface area (Å²) in [5, 5.41) is 9.82. The summed E-state index contributed by atoms with van der Waals surface area (Å²) in [6.07, 6.45) is 1.64. The summed E-state index contributed by atoms with van der Waals surface area (Å²) < 4.78 is 23.2. The monoisotopic (exact) mass is 296 g/mol. The van der Waals surface area contributed by atoms with Crippen molar-refractivity contribution in [3.63, 3.8) is 0 Å². The van der Waals surface area contributed by atoms with E-state index in [-0.39, 0.29) is 5.75 Å². The lowest BCUT2D eigenvalue weighted by atomic mass is 9.78. The van der Waals surface area contributed by atoms with E-state index in [1.54, 1.807) is 18.4 Å².